The van der Waals surface area contributed by atoms with Gasteiger partial charge in [0, 0.05) is 0 Å². The molecule has 1 aromatic carbocycles. The van der Waals surface area contributed by atoms with Gasteiger partial charge < -0.3 is 9.47 Å². The third-order valence-corrected chi connectivity index (χ3v) is 2.95. The fourth-order valence-corrected chi connectivity index (χ4v) is 1.85. The third kappa shape index (κ3) is 4.29. The molecule has 1 rings (SSSR count). The molecule has 0 aliphatic heterocycles. The molecular weight excluding hydrogens is 212 g/mol. The normalized spacial score (nSPS) is 10.4. The van der Waals surface area contributed by atoms with Gasteiger partial charge in [0.05, 0.1) is 13.7 Å². The van der Waals surface area contributed by atoms with Crippen LogP contribution in [0.4, 0.5) is 0 Å². The lowest BCUT2D eigenvalue weighted by Crippen LogP contribution is -2.00. The van der Waals surface area contributed by atoms with Gasteiger partial charge in [-0.3, -0.25) is 0 Å². The minimum atomic E-state index is 0.812. The van der Waals surface area contributed by atoms with Gasteiger partial charge in [-0.05, 0) is 43.5 Å². The molecule has 0 aliphatic carbocycles. The summed E-state index contributed by atoms with van der Waals surface area (Å²) in [7, 11) is 1.70. The number of hydrogen-bond acceptors (Lipinski definition) is 2. The second-order valence-corrected chi connectivity index (χ2v) is 4.50. The highest BCUT2D eigenvalue weighted by Gasteiger charge is 2.05. The van der Waals surface area contributed by atoms with E-state index in [1.165, 1.54) is 19.3 Å². The van der Waals surface area contributed by atoms with Crippen LogP contribution >= 0.6 is 0 Å². The van der Waals surface area contributed by atoms with Gasteiger partial charge in [0.2, 0.25) is 0 Å². The zero-order valence-electron chi connectivity index (χ0n) is 11.5. The molecule has 0 radical (unpaired) electrons. The van der Waals surface area contributed by atoms with Gasteiger partial charge >= 0.3 is 0 Å². The number of benzene rings is 1. The summed E-state index contributed by atoms with van der Waals surface area (Å²) in [5, 5.41) is 0. The molecule has 0 saturated heterocycles. The van der Waals surface area contributed by atoms with Gasteiger partial charge in [0.25, 0.3) is 0 Å². The van der Waals surface area contributed by atoms with Crippen LogP contribution in [-0.2, 0) is 0 Å². The first-order valence-electron chi connectivity index (χ1n) is 6.47. The molecule has 0 unspecified atom stereocenters. The van der Waals surface area contributed by atoms with E-state index in [1.807, 2.05) is 13.0 Å². The summed E-state index contributed by atoms with van der Waals surface area (Å²) in [6.07, 6.45) is 4.95. The van der Waals surface area contributed by atoms with E-state index in [0.717, 1.165) is 35.7 Å². The third-order valence-electron chi connectivity index (χ3n) is 2.95. The average molecular weight is 236 g/mol. The van der Waals surface area contributed by atoms with E-state index in [4.69, 9.17) is 9.47 Å². The second-order valence-electron chi connectivity index (χ2n) is 4.50. The summed E-state index contributed by atoms with van der Waals surface area (Å²) in [5.74, 6) is 1.92. The first-order valence-corrected chi connectivity index (χ1v) is 6.47. The zero-order chi connectivity index (χ0) is 12.7. The molecule has 0 saturated carbocycles. The molecule has 0 aromatic heterocycles. The van der Waals surface area contributed by atoms with Crippen LogP contribution in [0.2, 0.25) is 0 Å². The predicted molar refractivity (Wildman–Crippen MR) is 72.1 cm³/mol. The first-order chi connectivity index (χ1) is 8.19. The van der Waals surface area contributed by atoms with E-state index in [0.29, 0.717) is 0 Å². The van der Waals surface area contributed by atoms with E-state index in [1.54, 1.807) is 7.11 Å². The smallest absolute Gasteiger partial charge is 0.122 e. The fourth-order valence-electron chi connectivity index (χ4n) is 1.85. The monoisotopic (exact) mass is 236 g/mol. The Morgan fingerprint density at radius 3 is 2.24 bits per heavy atom. The van der Waals surface area contributed by atoms with Gasteiger partial charge in [0.15, 0.2) is 0 Å². The van der Waals surface area contributed by atoms with E-state index in [-0.39, 0.29) is 0 Å². The van der Waals surface area contributed by atoms with Crippen LogP contribution in [0.5, 0.6) is 11.5 Å². The molecule has 17 heavy (non-hydrogen) atoms. The summed E-state index contributed by atoms with van der Waals surface area (Å²) in [6.45, 7) is 7.13. The lowest BCUT2D eigenvalue weighted by Gasteiger charge is -2.12. The van der Waals surface area contributed by atoms with E-state index >= 15 is 0 Å². The van der Waals surface area contributed by atoms with E-state index in [2.05, 4.69) is 19.9 Å². The van der Waals surface area contributed by atoms with Crippen molar-refractivity contribution in [3.63, 3.8) is 0 Å². The topological polar surface area (TPSA) is 18.5 Å². The van der Waals surface area contributed by atoms with E-state index in [9.17, 15) is 0 Å². The van der Waals surface area contributed by atoms with Crippen molar-refractivity contribution in [2.75, 3.05) is 13.7 Å². The number of hydrogen-bond donors (Lipinski definition) is 0. The zero-order valence-corrected chi connectivity index (χ0v) is 11.5. The average Bonchev–Trinajstić information content (AvgIpc) is 2.32. The molecule has 1 aromatic rings. The summed E-state index contributed by atoms with van der Waals surface area (Å²) in [4.78, 5) is 0. The Hall–Kier alpha value is -1.18. The summed E-state index contributed by atoms with van der Waals surface area (Å²) < 4.78 is 11.1. The van der Waals surface area contributed by atoms with Crippen LogP contribution in [-0.4, -0.2) is 13.7 Å². The van der Waals surface area contributed by atoms with Crippen LogP contribution in [0.3, 0.4) is 0 Å². The lowest BCUT2D eigenvalue weighted by atomic mass is 10.1. The van der Waals surface area contributed by atoms with Gasteiger partial charge in [-0.15, -0.1) is 0 Å². The molecule has 2 nitrogen and oxygen atoms in total. The van der Waals surface area contributed by atoms with Crippen LogP contribution in [0.25, 0.3) is 0 Å². The molecular formula is C15H24O2. The van der Waals surface area contributed by atoms with Gasteiger partial charge in [-0.1, -0.05) is 26.2 Å². The van der Waals surface area contributed by atoms with Crippen LogP contribution in [0.1, 0.15) is 43.7 Å². The number of rotatable bonds is 7. The highest BCUT2D eigenvalue weighted by Crippen LogP contribution is 2.27. The number of aryl methyl sites for hydroxylation is 2. The molecule has 0 atom stereocenters. The largest absolute Gasteiger partial charge is 0.496 e. The Bertz CT molecular complexity index is 345. The van der Waals surface area contributed by atoms with Gasteiger partial charge in [-0.25, -0.2) is 0 Å². The fraction of sp³-hybridized carbons (Fsp3) is 0.600. The number of ether oxygens (including phenoxy) is 2. The van der Waals surface area contributed by atoms with Crippen LogP contribution in [0, 0.1) is 13.8 Å². The van der Waals surface area contributed by atoms with Crippen LogP contribution in [0.15, 0.2) is 12.1 Å². The molecule has 0 fully saturated rings. The Balaban J connectivity index is 2.51. The highest BCUT2D eigenvalue weighted by molar-refractivity contribution is 5.45. The molecule has 96 valence electrons. The molecule has 2 heteroatoms. The Labute approximate surface area is 105 Å². The summed E-state index contributed by atoms with van der Waals surface area (Å²) in [6, 6.07) is 4.10. The summed E-state index contributed by atoms with van der Waals surface area (Å²) in [5.41, 5.74) is 2.27. The van der Waals surface area contributed by atoms with Gasteiger partial charge in [0.1, 0.15) is 11.5 Å². The standard InChI is InChI=1S/C15H24O2/c1-5-6-7-8-9-17-15-11-12(2)14(16-4)10-13(15)3/h10-11H,5-9H2,1-4H3. The molecule has 0 heterocycles. The van der Waals surface area contributed by atoms with Crippen molar-refractivity contribution in [1.29, 1.82) is 0 Å². The molecule has 0 bridgehead atoms. The van der Waals surface area contributed by atoms with Crippen molar-refractivity contribution in [3.05, 3.63) is 23.3 Å². The molecule has 0 N–H and O–H groups in total. The Morgan fingerprint density at radius 2 is 1.59 bits per heavy atom. The quantitative estimate of drug-likeness (QED) is 0.658. The molecule has 0 aliphatic rings. The van der Waals surface area contributed by atoms with Crippen molar-refractivity contribution in [2.24, 2.45) is 0 Å². The van der Waals surface area contributed by atoms with E-state index < -0.39 is 0 Å². The molecule has 0 spiro atoms. The van der Waals surface area contributed by atoms with Gasteiger partial charge in [-0.2, -0.15) is 0 Å². The minimum absolute atomic E-state index is 0.812. The first kappa shape index (κ1) is 13.9. The Morgan fingerprint density at radius 1 is 0.941 bits per heavy atom. The number of methoxy groups -OCH3 is 1. The van der Waals surface area contributed by atoms with Crippen LogP contribution < -0.4 is 9.47 Å². The Kier molecular flexibility index (Phi) is 5.88. The predicted octanol–water partition coefficient (Wildman–Crippen LogP) is 4.27. The second kappa shape index (κ2) is 7.21. The van der Waals surface area contributed by atoms with Crippen molar-refractivity contribution in [3.8, 4) is 11.5 Å². The highest BCUT2D eigenvalue weighted by atomic mass is 16.5. The lowest BCUT2D eigenvalue weighted by molar-refractivity contribution is 0.302. The van der Waals surface area contributed by atoms with Crippen molar-refractivity contribution < 1.29 is 9.47 Å². The maximum atomic E-state index is 5.81. The van der Waals surface area contributed by atoms with Crippen molar-refractivity contribution in [1.82, 2.24) is 0 Å². The maximum Gasteiger partial charge on any atom is 0.122 e. The number of unbranched alkanes of at least 4 members (excludes halogenated alkanes) is 3. The van der Waals surface area contributed by atoms with Crippen molar-refractivity contribution >= 4 is 0 Å². The molecule has 0 amide bonds. The maximum absolute atomic E-state index is 5.81. The van der Waals surface area contributed by atoms with Crippen molar-refractivity contribution in [2.45, 2.75) is 46.5 Å². The summed E-state index contributed by atoms with van der Waals surface area (Å²) >= 11 is 0. The SMILES string of the molecule is CCCCCCOc1cc(C)c(OC)cc1C. The minimum Gasteiger partial charge on any atom is -0.496 e.